The van der Waals surface area contributed by atoms with E-state index in [-0.39, 0.29) is 25.3 Å². The molecule has 6 heteroatoms. The zero-order valence-electron chi connectivity index (χ0n) is 12.3. The van der Waals surface area contributed by atoms with E-state index in [2.05, 4.69) is 0 Å². The molecule has 1 aromatic heterocycles. The number of benzene rings is 1. The second-order valence-corrected chi connectivity index (χ2v) is 5.77. The summed E-state index contributed by atoms with van der Waals surface area (Å²) in [5.41, 5.74) is 1.01. The van der Waals surface area contributed by atoms with Gasteiger partial charge in [0.15, 0.2) is 11.5 Å². The number of carbonyl (C=O) groups excluding carboxylic acids is 1. The number of aliphatic hydroxyl groups is 1. The molecule has 1 aromatic carbocycles. The summed E-state index contributed by atoms with van der Waals surface area (Å²) in [6, 6.07) is 9.04. The van der Waals surface area contributed by atoms with E-state index in [0.717, 1.165) is 11.3 Å². The minimum atomic E-state index is -1.00. The first-order valence-corrected chi connectivity index (χ1v) is 7.49. The Morgan fingerprint density at radius 1 is 1.17 bits per heavy atom. The first kappa shape index (κ1) is 14.1. The summed E-state index contributed by atoms with van der Waals surface area (Å²) in [7, 11) is 0. The summed E-state index contributed by atoms with van der Waals surface area (Å²) in [6.45, 7) is 0.513. The lowest BCUT2D eigenvalue weighted by Gasteiger charge is -2.19. The van der Waals surface area contributed by atoms with Crippen LogP contribution in [0.25, 0.3) is 0 Å². The van der Waals surface area contributed by atoms with Gasteiger partial charge in [0, 0.05) is 5.92 Å². The molecule has 0 bridgehead atoms. The van der Waals surface area contributed by atoms with Crippen molar-refractivity contribution in [2.24, 2.45) is 11.8 Å². The molecule has 0 aliphatic carbocycles. The molecule has 0 radical (unpaired) electrons. The lowest BCUT2D eigenvalue weighted by atomic mass is 9.84. The van der Waals surface area contributed by atoms with E-state index in [4.69, 9.17) is 18.6 Å². The summed E-state index contributed by atoms with van der Waals surface area (Å²) in [6.07, 6.45) is 1.08. The number of hydrogen-bond donors (Lipinski definition) is 1. The fourth-order valence-corrected chi connectivity index (χ4v) is 3.16. The zero-order valence-corrected chi connectivity index (χ0v) is 12.3. The number of carbonyl (C=O) groups is 1. The first-order valence-electron chi connectivity index (χ1n) is 7.49. The highest BCUT2D eigenvalue weighted by atomic mass is 16.7. The van der Waals surface area contributed by atoms with Crippen molar-refractivity contribution in [2.75, 3.05) is 13.4 Å². The van der Waals surface area contributed by atoms with Crippen molar-refractivity contribution < 1.29 is 28.5 Å². The predicted octanol–water partition coefficient (Wildman–Crippen LogP) is 2.07. The Balaban J connectivity index is 1.54. The van der Waals surface area contributed by atoms with Crippen LogP contribution in [0.5, 0.6) is 11.5 Å². The van der Waals surface area contributed by atoms with Crippen LogP contribution in [0.4, 0.5) is 0 Å². The number of furan rings is 1. The van der Waals surface area contributed by atoms with Gasteiger partial charge in [0.25, 0.3) is 0 Å². The molecule has 3 atom stereocenters. The quantitative estimate of drug-likeness (QED) is 0.870. The van der Waals surface area contributed by atoms with E-state index >= 15 is 0 Å². The zero-order chi connectivity index (χ0) is 15.8. The molecule has 6 nitrogen and oxygen atoms in total. The maximum atomic E-state index is 12.0. The minimum absolute atomic E-state index is 0.122. The molecule has 1 fully saturated rings. The predicted molar refractivity (Wildman–Crippen MR) is 77.9 cm³/mol. The van der Waals surface area contributed by atoms with Gasteiger partial charge in [-0.15, -0.1) is 0 Å². The van der Waals surface area contributed by atoms with Gasteiger partial charge in [0.1, 0.15) is 11.9 Å². The van der Waals surface area contributed by atoms with Gasteiger partial charge in [-0.3, -0.25) is 4.79 Å². The van der Waals surface area contributed by atoms with Gasteiger partial charge < -0.3 is 23.7 Å². The minimum Gasteiger partial charge on any atom is -0.467 e. The van der Waals surface area contributed by atoms with Gasteiger partial charge in [-0.05, 0) is 36.2 Å². The molecular weight excluding hydrogens is 300 g/mol. The van der Waals surface area contributed by atoms with E-state index in [0.29, 0.717) is 17.9 Å². The highest BCUT2D eigenvalue weighted by Crippen LogP contribution is 2.38. The Bertz CT molecular complexity index is 708. The molecule has 2 aromatic rings. The molecule has 0 saturated carbocycles. The lowest BCUT2D eigenvalue weighted by molar-refractivity contribution is -0.144. The Labute approximate surface area is 132 Å². The smallest absolute Gasteiger partial charge is 0.312 e. The number of hydrogen-bond acceptors (Lipinski definition) is 6. The maximum Gasteiger partial charge on any atom is 0.312 e. The maximum absolute atomic E-state index is 12.0. The highest BCUT2D eigenvalue weighted by molar-refractivity contribution is 5.75. The van der Waals surface area contributed by atoms with Crippen LogP contribution in [0.1, 0.15) is 17.4 Å². The largest absolute Gasteiger partial charge is 0.467 e. The summed E-state index contributed by atoms with van der Waals surface area (Å²) in [4.78, 5) is 12.0. The summed E-state index contributed by atoms with van der Waals surface area (Å²) in [5.74, 6) is 0.661. The second kappa shape index (κ2) is 5.62. The topological polar surface area (TPSA) is 78.1 Å². The van der Waals surface area contributed by atoms with Crippen LogP contribution >= 0.6 is 0 Å². The average Bonchev–Trinajstić information content (AvgIpc) is 3.27. The summed E-state index contributed by atoms with van der Waals surface area (Å²) in [5, 5.41) is 10.4. The molecule has 4 rings (SSSR count). The van der Waals surface area contributed by atoms with Crippen molar-refractivity contribution in [3.63, 3.8) is 0 Å². The van der Waals surface area contributed by atoms with Crippen LogP contribution in [-0.4, -0.2) is 24.5 Å². The van der Waals surface area contributed by atoms with Gasteiger partial charge in [-0.25, -0.2) is 0 Å². The van der Waals surface area contributed by atoms with Crippen LogP contribution in [0.15, 0.2) is 41.0 Å². The summed E-state index contributed by atoms with van der Waals surface area (Å²) < 4.78 is 21.1. The van der Waals surface area contributed by atoms with Gasteiger partial charge >= 0.3 is 5.97 Å². The number of esters is 1. The molecule has 23 heavy (non-hydrogen) atoms. The van der Waals surface area contributed by atoms with E-state index in [1.165, 1.54) is 6.26 Å². The van der Waals surface area contributed by atoms with Crippen LogP contribution < -0.4 is 9.47 Å². The van der Waals surface area contributed by atoms with Crippen LogP contribution in [0, 0.1) is 11.8 Å². The fourth-order valence-electron chi connectivity index (χ4n) is 3.16. The molecule has 2 aliphatic rings. The van der Waals surface area contributed by atoms with Gasteiger partial charge in [0.2, 0.25) is 6.79 Å². The molecule has 0 amide bonds. The third-order valence-corrected chi connectivity index (χ3v) is 4.33. The van der Waals surface area contributed by atoms with Crippen LogP contribution in [0.3, 0.4) is 0 Å². The number of ether oxygens (including phenoxy) is 3. The Morgan fingerprint density at radius 3 is 2.87 bits per heavy atom. The van der Waals surface area contributed by atoms with E-state index in [9.17, 15) is 9.90 Å². The highest BCUT2D eigenvalue weighted by Gasteiger charge is 2.43. The molecule has 120 valence electrons. The van der Waals surface area contributed by atoms with Crippen molar-refractivity contribution in [1.29, 1.82) is 0 Å². The fraction of sp³-hybridized carbons (Fsp3) is 0.353. The Morgan fingerprint density at radius 2 is 2.04 bits per heavy atom. The summed E-state index contributed by atoms with van der Waals surface area (Å²) >= 11 is 0. The third kappa shape index (κ3) is 2.55. The lowest BCUT2D eigenvalue weighted by Crippen LogP contribution is -2.25. The molecule has 3 heterocycles. The Kier molecular flexibility index (Phi) is 3.46. The molecule has 2 aliphatic heterocycles. The number of cyclic esters (lactones) is 1. The van der Waals surface area contributed by atoms with Crippen molar-refractivity contribution in [1.82, 2.24) is 0 Å². The Hall–Kier alpha value is -2.47. The molecule has 0 spiro atoms. The SMILES string of the molecule is O=C1OC[C@@H](Cc2ccc3c(c2)OCO3)[C@@H]1[C@@H](O)c1ccco1. The van der Waals surface area contributed by atoms with Crippen molar-refractivity contribution in [3.8, 4) is 11.5 Å². The molecular formula is C17H16O6. The molecule has 0 unspecified atom stereocenters. The van der Waals surface area contributed by atoms with Crippen molar-refractivity contribution in [2.45, 2.75) is 12.5 Å². The number of aliphatic hydroxyl groups excluding tert-OH is 1. The molecule has 1 N–H and O–H groups in total. The van der Waals surface area contributed by atoms with Crippen molar-refractivity contribution >= 4 is 5.97 Å². The van der Waals surface area contributed by atoms with E-state index in [1.807, 2.05) is 18.2 Å². The average molecular weight is 316 g/mol. The standard InChI is InChI=1S/C17H16O6/c18-16(13-2-1-5-20-13)15-11(8-21-17(15)19)6-10-3-4-12-14(7-10)23-9-22-12/h1-5,7,11,15-16,18H,6,8-9H2/t11-,15-,16+/m1/s1. The van der Waals surface area contributed by atoms with Crippen molar-refractivity contribution in [3.05, 3.63) is 47.9 Å². The van der Waals surface area contributed by atoms with Crippen LogP contribution in [-0.2, 0) is 16.0 Å². The number of rotatable bonds is 4. The third-order valence-electron chi connectivity index (χ3n) is 4.33. The number of fused-ring (bicyclic) bond motifs is 1. The molecule has 1 saturated heterocycles. The van der Waals surface area contributed by atoms with Gasteiger partial charge in [-0.1, -0.05) is 6.07 Å². The first-order chi connectivity index (χ1) is 11.2. The normalized spacial score (nSPS) is 23.8. The van der Waals surface area contributed by atoms with Gasteiger partial charge in [-0.2, -0.15) is 0 Å². The van der Waals surface area contributed by atoms with Crippen LogP contribution in [0.2, 0.25) is 0 Å². The van der Waals surface area contributed by atoms with Gasteiger partial charge in [0.05, 0.1) is 18.8 Å². The van der Waals surface area contributed by atoms with E-state index < -0.39 is 12.0 Å². The monoisotopic (exact) mass is 316 g/mol. The second-order valence-electron chi connectivity index (χ2n) is 5.77. The van der Waals surface area contributed by atoms with E-state index in [1.54, 1.807) is 12.1 Å².